The third kappa shape index (κ3) is 3.71. The van der Waals surface area contributed by atoms with Gasteiger partial charge in [-0.25, -0.2) is 13.2 Å². The summed E-state index contributed by atoms with van der Waals surface area (Å²) in [5.74, 6) is -0.267. The van der Waals surface area contributed by atoms with Crippen LogP contribution in [0.5, 0.6) is 0 Å². The van der Waals surface area contributed by atoms with E-state index in [1.807, 2.05) is 25.2 Å². The predicted molar refractivity (Wildman–Crippen MR) is 102 cm³/mol. The Hall–Kier alpha value is -2.93. The van der Waals surface area contributed by atoms with E-state index in [-0.39, 0.29) is 11.5 Å². The highest BCUT2D eigenvalue weighted by atomic mass is 19.3. The summed E-state index contributed by atoms with van der Waals surface area (Å²) < 4.78 is 38.7. The summed E-state index contributed by atoms with van der Waals surface area (Å²) in [4.78, 5) is 4.37. The van der Waals surface area contributed by atoms with E-state index in [9.17, 15) is 13.2 Å². The number of fused-ring (bicyclic) bond motifs is 1. The summed E-state index contributed by atoms with van der Waals surface area (Å²) >= 11 is 0. The molecule has 0 unspecified atom stereocenters. The topological polar surface area (TPSA) is 32.3 Å². The zero-order chi connectivity index (χ0) is 19.7. The van der Waals surface area contributed by atoms with Crippen LogP contribution >= 0.6 is 0 Å². The van der Waals surface area contributed by atoms with Gasteiger partial charge in [-0.2, -0.15) is 5.10 Å². The minimum absolute atomic E-state index is 0.267. The number of halogens is 3. The van der Waals surface area contributed by atoms with Crippen molar-refractivity contribution >= 4 is 11.4 Å². The molecule has 0 spiro atoms. The largest absolute Gasteiger partial charge is 0.340 e. The lowest BCUT2D eigenvalue weighted by molar-refractivity contribution is 0.145. The SMILES string of the molecule is CN1CCN(c2ccc(F)cc2)c2ccc(-c3ccc(C(F)F)nn3)cc2C1. The number of rotatable bonds is 3. The molecule has 1 aliphatic rings. The van der Waals surface area contributed by atoms with E-state index in [1.165, 1.54) is 18.2 Å². The fraction of sp³-hybridized carbons (Fsp3) is 0.238. The molecule has 144 valence electrons. The molecule has 4 nitrogen and oxygen atoms in total. The number of hydrogen-bond donors (Lipinski definition) is 0. The predicted octanol–water partition coefficient (Wildman–Crippen LogP) is 4.80. The van der Waals surface area contributed by atoms with Gasteiger partial charge in [0.1, 0.15) is 11.5 Å². The maximum absolute atomic E-state index is 13.3. The van der Waals surface area contributed by atoms with E-state index in [1.54, 1.807) is 18.2 Å². The van der Waals surface area contributed by atoms with Crippen molar-refractivity contribution in [2.24, 2.45) is 0 Å². The van der Waals surface area contributed by atoms with Gasteiger partial charge in [-0.1, -0.05) is 6.07 Å². The number of hydrogen-bond acceptors (Lipinski definition) is 4. The second-order valence-electron chi connectivity index (χ2n) is 6.85. The van der Waals surface area contributed by atoms with Crippen LogP contribution in [-0.4, -0.2) is 35.2 Å². The van der Waals surface area contributed by atoms with Gasteiger partial charge in [0.15, 0.2) is 0 Å². The Morgan fingerprint density at radius 1 is 0.929 bits per heavy atom. The minimum Gasteiger partial charge on any atom is -0.340 e. The molecule has 0 saturated carbocycles. The van der Waals surface area contributed by atoms with Gasteiger partial charge in [-0.05, 0) is 61.1 Å². The van der Waals surface area contributed by atoms with E-state index in [0.29, 0.717) is 5.69 Å². The van der Waals surface area contributed by atoms with Crippen LogP contribution in [0.1, 0.15) is 17.7 Å². The molecule has 0 fully saturated rings. The lowest BCUT2D eigenvalue weighted by atomic mass is 10.0. The molecule has 2 heterocycles. The van der Waals surface area contributed by atoms with Crippen LogP contribution in [0.25, 0.3) is 11.3 Å². The first-order valence-corrected chi connectivity index (χ1v) is 8.98. The Morgan fingerprint density at radius 3 is 2.39 bits per heavy atom. The molecule has 0 bridgehead atoms. The van der Waals surface area contributed by atoms with Crippen LogP contribution in [0.3, 0.4) is 0 Å². The van der Waals surface area contributed by atoms with Gasteiger partial charge in [0.25, 0.3) is 6.43 Å². The zero-order valence-corrected chi connectivity index (χ0v) is 15.3. The maximum Gasteiger partial charge on any atom is 0.282 e. The smallest absolute Gasteiger partial charge is 0.282 e. The van der Waals surface area contributed by atoms with E-state index >= 15 is 0 Å². The molecule has 0 atom stereocenters. The van der Waals surface area contributed by atoms with Crippen LogP contribution in [0, 0.1) is 5.82 Å². The Labute approximate surface area is 161 Å². The van der Waals surface area contributed by atoms with Gasteiger partial charge in [0.2, 0.25) is 0 Å². The third-order valence-corrected chi connectivity index (χ3v) is 4.86. The highest BCUT2D eigenvalue weighted by Gasteiger charge is 2.20. The van der Waals surface area contributed by atoms with Crippen molar-refractivity contribution in [3.05, 3.63) is 71.7 Å². The van der Waals surface area contributed by atoms with E-state index in [2.05, 4.69) is 20.0 Å². The zero-order valence-electron chi connectivity index (χ0n) is 15.3. The van der Waals surface area contributed by atoms with Crippen molar-refractivity contribution in [1.29, 1.82) is 0 Å². The highest BCUT2D eigenvalue weighted by molar-refractivity contribution is 5.72. The number of aromatic nitrogens is 2. The quantitative estimate of drug-likeness (QED) is 0.649. The molecule has 3 aromatic rings. The van der Waals surface area contributed by atoms with Gasteiger partial charge >= 0.3 is 0 Å². The Balaban J connectivity index is 1.72. The molecular weight excluding hydrogens is 365 g/mol. The van der Waals surface area contributed by atoms with Crippen molar-refractivity contribution in [3.63, 3.8) is 0 Å². The van der Waals surface area contributed by atoms with E-state index in [0.717, 1.165) is 42.1 Å². The lowest BCUT2D eigenvalue weighted by Gasteiger charge is -2.25. The molecule has 0 amide bonds. The summed E-state index contributed by atoms with van der Waals surface area (Å²) in [7, 11) is 2.04. The molecule has 0 saturated heterocycles. The number of benzene rings is 2. The van der Waals surface area contributed by atoms with Crippen LogP contribution in [-0.2, 0) is 6.54 Å². The van der Waals surface area contributed by atoms with Crippen LogP contribution < -0.4 is 4.90 Å². The average Bonchev–Trinajstić information content (AvgIpc) is 2.86. The van der Waals surface area contributed by atoms with Crippen LogP contribution in [0.4, 0.5) is 24.5 Å². The number of nitrogens with zero attached hydrogens (tertiary/aromatic N) is 4. The number of likely N-dealkylation sites (N-methyl/N-ethyl adjacent to an activating group) is 1. The van der Waals surface area contributed by atoms with Gasteiger partial charge < -0.3 is 9.80 Å². The molecule has 4 rings (SSSR count). The van der Waals surface area contributed by atoms with Crippen molar-refractivity contribution in [2.75, 3.05) is 25.0 Å². The number of alkyl halides is 2. The summed E-state index contributed by atoms with van der Waals surface area (Å²) in [5.41, 5.74) is 4.08. The standard InChI is InChI=1S/C21H19F3N4/c1-27-10-11-28(17-5-3-16(22)4-6-17)20-9-2-14(12-15(20)13-27)18-7-8-19(21(23)24)26-25-18/h2-9,12,21H,10-11,13H2,1H3. The number of anilines is 2. The molecule has 7 heteroatoms. The molecule has 0 N–H and O–H groups in total. The first-order valence-electron chi connectivity index (χ1n) is 8.98. The normalized spacial score (nSPS) is 14.8. The average molecular weight is 384 g/mol. The van der Waals surface area contributed by atoms with Crippen LogP contribution in [0.2, 0.25) is 0 Å². The first kappa shape index (κ1) is 18.4. The lowest BCUT2D eigenvalue weighted by Crippen LogP contribution is -2.26. The summed E-state index contributed by atoms with van der Waals surface area (Å²) in [6.07, 6.45) is -2.63. The summed E-state index contributed by atoms with van der Waals surface area (Å²) in [6.45, 7) is 2.37. The monoisotopic (exact) mass is 384 g/mol. The van der Waals surface area contributed by atoms with Gasteiger partial charge in [-0.15, -0.1) is 5.10 Å². The second-order valence-corrected chi connectivity index (χ2v) is 6.85. The fourth-order valence-electron chi connectivity index (χ4n) is 3.40. The Bertz CT molecular complexity index is 958. The van der Waals surface area contributed by atoms with Crippen molar-refractivity contribution in [3.8, 4) is 11.3 Å². The molecule has 2 aromatic carbocycles. The molecule has 1 aromatic heterocycles. The summed E-state index contributed by atoms with van der Waals surface area (Å²) in [5, 5.41) is 7.56. The molecular formula is C21H19F3N4. The van der Waals surface area contributed by atoms with Crippen LogP contribution in [0.15, 0.2) is 54.6 Å². The fourth-order valence-corrected chi connectivity index (χ4v) is 3.40. The molecule has 1 aliphatic heterocycles. The Kier molecular flexibility index (Phi) is 5.00. The first-order chi connectivity index (χ1) is 13.5. The van der Waals surface area contributed by atoms with Crippen molar-refractivity contribution < 1.29 is 13.2 Å². The third-order valence-electron chi connectivity index (χ3n) is 4.86. The van der Waals surface area contributed by atoms with E-state index in [4.69, 9.17) is 0 Å². The minimum atomic E-state index is -2.63. The maximum atomic E-state index is 13.3. The summed E-state index contributed by atoms with van der Waals surface area (Å²) in [6, 6.07) is 15.2. The van der Waals surface area contributed by atoms with Gasteiger partial charge in [0.05, 0.1) is 5.69 Å². The molecule has 0 aliphatic carbocycles. The van der Waals surface area contributed by atoms with Gasteiger partial charge in [0, 0.05) is 36.6 Å². The van der Waals surface area contributed by atoms with Crippen molar-refractivity contribution in [2.45, 2.75) is 13.0 Å². The second kappa shape index (κ2) is 7.59. The van der Waals surface area contributed by atoms with E-state index < -0.39 is 6.43 Å². The molecule has 28 heavy (non-hydrogen) atoms. The molecule has 0 radical (unpaired) electrons. The Morgan fingerprint density at radius 2 is 1.71 bits per heavy atom. The van der Waals surface area contributed by atoms with Gasteiger partial charge in [-0.3, -0.25) is 0 Å². The highest BCUT2D eigenvalue weighted by Crippen LogP contribution is 2.34. The van der Waals surface area contributed by atoms with Crippen molar-refractivity contribution in [1.82, 2.24) is 15.1 Å².